The van der Waals surface area contributed by atoms with E-state index in [4.69, 9.17) is 4.42 Å². The number of hydrogen-bond acceptors (Lipinski definition) is 5. The SMILES string of the molecule is Cc1cc(C)n(CC(=O)NNC(=O)CCc2ncc(-c3ccccc3)o2)n1. The predicted molar refractivity (Wildman–Crippen MR) is 98.2 cm³/mol. The van der Waals surface area contributed by atoms with Crippen molar-refractivity contribution < 1.29 is 14.0 Å². The molecule has 0 saturated carbocycles. The lowest BCUT2D eigenvalue weighted by atomic mass is 10.2. The summed E-state index contributed by atoms with van der Waals surface area (Å²) in [6.07, 6.45) is 2.12. The van der Waals surface area contributed by atoms with E-state index < -0.39 is 0 Å². The molecule has 0 unspecified atom stereocenters. The Morgan fingerprint density at radius 3 is 2.56 bits per heavy atom. The molecule has 1 aromatic carbocycles. The van der Waals surface area contributed by atoms with Gasteiger partial charge in [-0.2, -0.15) is 5.10 Å². The fraction of sp³-hybridized carbons (Fsp3) is 0.263. The molecule has 140 valence electrons. The molecule has 0 radical (unpaired) electrons. The second-order valence-corrected chi connectivity index (χ2v) is 6.17. The third kappa shape index (κ3) is 5.04. The number of hydrogen-bond donors (Lipinski definition) is 2. The van der Waals surface area contributed by atoms with E-state index in [-0.39, 0.29) is 24.8 Å². The van der Waals surface area contributed by atoms with Crippen LogP contribution in [0.1, 0.15) is 23.7 Å². The van der Waals surface area contributed by atoms with Crippen molar-refractivity contribution >= 4 is 11.8 Å². The Morgan fingerprint density at radius 1 is 1.11 bits per heavy atom. The monoisotopic (exact) mass is 367 g/mol. The van der Waals surface area contributed by atoms with Crippen LogP contribution >= 0.6 is 0 Å². The zero-order chi connectivity index (χ0) is 19.2. The Labute approximate surface area is 156 Å². The maximum absolute atomic E-state index is 11.9. The molecule has 27 heavy (non-hydrogen) atoms. The number of amides is 2. The van der Waals surface area contributed by atoms with Gasteiger partial charge in [-0.05, 0) is 19.9 Å². The van der Waals surface area contributed by atoms with Crippen LogP contribution in [0.15, 0.2) is 47.0 Å². The van der Waals surface area contributed by atoms with Crippen molar-refractivity contribution in [2.45, 2.75) is 33.2 Å². The number of hydrazine groups is 1. The largest absolute Gasteiger partial charge is 0.441 e. The third-order valence-electron chi connectivity index (χ3n) is 3.92. The van der Waals surface area contributed by atoms with Gasteiger partial charge in [0.15, 0.2) is 11.7 Å². The van der Waals surface area contributed by atoms with Gasteiger partial charge >= 0.3 is 0 Å². The summed E-state index contributed by atoms with van der Waals surface area (Å²) < 4.78 is 7.23. The first kappa shape index (κ1) is 18.4. The van der Waals surface area contributed by atoms with Gasteiger partial charge in [-0.1, -0.05) is 30.3 Å². The standard InChI is InChI=1S/C19H21N5O3/c1-13-10-14(2)24(23-13)12-18(26)22-21-17(25)8-9-19-20-11-16(27-19)15-6-4-3-5-7-15/h3-7,10-11H,8-9,12H2,1-2H3,(H,21,25)(H,22,26). The molecule has 0 saturated heterocycles. The average Bonchev–Trinajstić information content (AvgIpc) is 3.25. The number of benzene rings is 1. The quantitative estimate of drug-likeness (QED) is 0.648. The number of carbonyl (C=O) groups excluding carboxylic acids is 2. The van der Waals surface area contributed by atoms with Crippen molar-refractivity contribution in [2.24, 2.45) is 0 Å². The van der Waals surface area contributed by atoms with E-state index in [0.717, 1.165) is 17.0 Å². The lowest BCUT2D eigenvalue weighted by molar-refractivity contribution is -0.129. The first-order valence-electron chi connectivity index (χ1n) is 8.60. The first-order chi connectivity index (χ1) is 13.0. The van der Waals surface area contributed by atoms with Crippen molar-refractivity contribution in [2.75, 3.05) is 0 Å². The van der Waals surface area contributed by atoms with Crippen LogP contribution < -0.4 is 10.9 Å². The highest BCUT2D eigenvalue weighted by Crippen LogP contribution is 2.20. The summed E-state index contributed by atoms with van der Waals surface area (Å²) in [6, 6.07) is 11.5. The van der Waals surface area contributed by atoms with Crippen molar-refractivity contribution in [3.05, 3.63) is 59.9 Å². The van der Waals surface area contributed by atoms with Gasteiger partial charge in [-0.25, -0.2) is 4.98 Å². The highest BCUT2D eigenvalue weighted by molar-refractivity contribution is 5.81. The highest BCUT2D eigenvalue weighted by atomic mass is 16.4. The molecular formula is C19H21N5O3. The predicted octanol–water partition coefficient (Wildman–Crippen LogP) is 1.94. The van der Waals surface area contributed by atoms with Crippen molar-refractivity contribution in [3.8, 4) is 11.3 Å². The second kappa shape index (κ2) is 8.31. The van der Waals surface area contributed by atoms with Gasteiger partial charge in [0.1, 0.15) is 6.54 Å². The molecule has 2 N–H and O–H groups in total. The molecule has 8 heteroatoms. The summed E-state index contributed by atoms with van der Waals surface area (Å²) in [5.74, 6) is 0.454. The van der Waals surface area contributed by atoms with Crippen LogP contribution in [-0.4, -0.2) is 26.6 Å². The normalized spacial score (nSPS) is 10.6. The summed E-state index contributed by atoms with van der Waals surface area (Å²) in [5, 5.41) is 4.20. The minimum Gasteiger partial charge on any atom is -0.441 e. The zero-order valence-electron chi connectivity index (χ0n) is 15.2. The fourth-order valence-corrected chi connectivity index (χ4v) is 2.59. The number of rotatable bonds is 6. The number of oxazole rings is 1. The summed E-state index contributed by atoms with van der Waals surface area (Å²) >= 11 is 0. The minimum atomic E-state index is -0.350. The molecule has 0 bridgehead atoms. The van der Waals surface area contributed by atoms with Crippen molar-refractivity contribution in [1.29, 1.82) is 0 Å². The maximum atomic E-state index is 11.9. The summed E-state index contributed by atoms with van der Waals surface area (Å²) in [6.45, 7) is 3.76. The molecule has 2 amide bonds. The van der Waals surface area contributed by atoms with Gasteiger partial charge < -0.3 is 4.42 Å². The summed E-state index contributed by atoms with van der Waals surface area (Å²) in [4.78, 5) is 28.0. The lowest BCUT2D eigenvalue weighted by Gasteiger charge is -2.08. The average molecular weight is 367 g/mol. The van der Waals surface area contributed by atoms with Gasteiger partial charge in [0.25, 0.3) is 5.91 Å². The van der Waals surface area contributed by atoms with Crippen molar-refractivity contribution in [1.82, 2.24) is 25.6 Å². The Hall–Kier alpha value is -3.42. The van der Waals surface area contributed by atoms with Gasteiger partial charge in [0, 0.05) is 24.1 Å². The number of aromatic nitrogens is 3. The topological polar surface area (TPSA) is 102 Å². The lowest BCUT2D eigenvalue weighted by Crippen LogP contribution is -2.43. The van der Waals surface area contributed by atoms with E-state index in [1.54, 1.807) is 10.9 Å². The highest BCUT2D eigenvalue weighted by Gasteiger charge is 2.11. The van der Waals surface area contributed by atoms with Crippen LogP contribution in [0.3, 0.4) is 0 Å². The molecule has 0 aliphatic heterocycles. The molecule has 3 rings (SSSR count). The van der Waals surface area contributed by atoms with E-state index in [1.807, 2.05) is 50.2 Å². The van der Waals surface area contributed by atoms with E-state index >= 15 is 0 Å². The van der Waals surface area contributed by atoms with E-state index in [0.29, 0.717) is 18.1 Å². The molecule has 8 nitrogen and oxygen atoms in total. The van der Waals surface area contributed by atoms with Gasteiger partial charge in [-0.3, -0.25) is 25.1 Å². The van der Waals surface area contributed by atoms with Crippen LogP contribution in [0.4, 0.5) is 0 Å². The first-order valence-corrected chi connectivity index (χ1v) is 8.60. The van der Waals surface area contributed by atoms with Crippen LogP contribution in [0.2, 0.25) is 0 Å². The Bertz CT molecular complexity index is 930. The van der Waals surface area contributed by atoms with Crippen LogP contribution in [0.25, 0.3) is 11.3 Å². The Balaban J connectivity index is 1.43. The Kier molecular flexibility index (Phi) is 5.65. The van der Waals surface area contributed by atoms with E-state index in [2.05, 4.69) is 20.9 Å². The number of nitrogens with zero attached hydrogens (tertiary/aromatic N) is 3. The minimum absolute atomic E-state index is 0.0418. The molecule has 0 fully saturated rings. The van der Waals surface area contributed by atoms with E-state index in [9.17, 15) is 9.59 Å². The molecule has 0 aliphatic carbocycles. The van der Waals surface area contributed by atoms with E-state index in [1.165, 1.54) is 0 Å². The number of carbonyl (C=O) groups is 2. The second-order valence-electron chi connectivity index (χ2n) is 6.17. The van der Waals surface area contributed by atoms with Crippen LogP contribution in [0.5, 0.6) is 0 Å². The molecule has 0 spiro atoms. The van der Waals surface area contributed by atoms with Crippen LogP contribution in [-0.2, 0) is 22.6 Å². The zero-order valence-corrected chi connectivity index (χ0v) is 15.2. The fourth-order valence-electron chi connectivity index (χ4n) is 2.59. The summed E-state index contributed by atoms with van der Waals surface area (Å²) in [5.41, 5.74) is 7.42. The molecular weight excluding hydrogens is 346 g/mol. The third-order valence-corrected chi connectivity index (χ3v) is 3.92. The molecule has 0 atom stereocenters. The van der Waals surface area contributed by atoms with Gasteiger partial charge in [0.2, 0.25) is 5.91 Å². The number of aryl methyl sites for hydroxylation is 3. The van der Waals surface area contributed by atoms with Gasteiger partial charge in [0.05, 0.1) is 11.9 Å². The van der Waals surface area contributed by atoms with Crippen molar-refractivity contribution in [3.63, 3.8) is 0 Å². The van der Waals surface area contributed by atoms with Crippen LogP contribution in [0, 0.1) is 13.8 Å². The van der Waals surface area contributed by atoms with Gasteiger partial charge in [-0.15, -0.1) is 0 Å². The molecule has 2 aromatic heterocycles. The summed E-state index contributed by atoms with van der Waals surface area (Å²) in [7, 11) is 0. The smallest absolute Gasteiger partial charge is 0.260 e. The maximum Gasteiger partial charge on any atom is 0.260 e. The molecule has 3 aromatic rings. The number of nitrogens with one attached hydrogen (secondary N) is 2. The molecule has 2 heterocycles. The molecule has 0 aliphatic rings. The Morgan fingerprint density at radius 2 is 1.85 bits per heavy atom.